The average Bonchev–Trinajstić information content (AvgIpc) is 3.73. The fraction of sp³-hybridized carbons (Fsp3) is 0.256. The molecule has 5 heteroatoms. The van der Waals surface area contributed by atoms with Crippen molar-refractivity contribution in [3.8, 4) is 34.1 Å². The minimum absolute atomic E-state index is 0.762. The zero-order valence-electron chi connectivity index (χ0n) is 29.0. The van der Waals surface area contributed by atoms with E-state index in [2.05, 4.69) is 113 Å². The van der Waals surface area contributed by atoms with Crippen molar-refractivity contribution in [1.82, 2.24) is 19.3 Å². The van der Waals surface area contributed by atoms with Gasteiger partial charge in [-0.05, 0) is 120 Å². The van der Waals surface area contributed by atoms with E-state index in [-0.39, 0.29) is 0 Å². The van der Waals surface area contributed by atoms with Crippen molar-refractivity contribution in [3.63, 3.8) is 0 Å². The Kier molecular flexibility index (Phi) is 8.62. The van der Waals surface area contributed by atoms with Gasteiger partial charge < -0.3 is 4.74 Å². The highest BCUT2D eigenvalue weighted by Crippen LogP contribution is 2.39. The van der Waals surface area contributed by atoms with Crippen LogP contribution in [0, 0.1) is 6.92 Å². The third-order valence-electron chi connectivity index (χ3n) is 9.79. The lowest BCUT2D eigenvalue weighted by molar-refractivity contribution is 0.483. The Morgan fingerprint density at radius 3 is 2.00 bits per heavy atom. The predicted octanol–water partition coefficient (Wildman–Crippen LogP) is 10.9. The third-order valence-corrected chi connectivity index (χ3v) is 9.79. The molecule has 0 amide bonds. The number of rotatable bonds is 10. The van der Waals surface area contributed by atoms with Gasteiger partial charge in [0.1, 0.15) is 17.3 Å². The van der Waals surface area contributed by atoms with Gasteiger partial charge in [0.2, 0.25) is 0 Å². The van der Waals surface area contributed by atoms with Crippen molar-refractivity contribution in [2.45, 2.75) is 73.6 Å². The van der Waals surface area contributed by atoms with E-state index in [4.69, 9.17) is 14.8 Å². The van der Waals surface area contributed by atoms with Gasteiger partial charge in [-0.15, -0.1) is 0 Å². The second-order valence-electron chi connectivity index (χ2n) is 12.5. The zero-order chi connectivity index (χ0) is 33.4. The quantitative estimate of drug-likeness (QED) is 0.151. The van der Waals surface area contributed by atoms with Crippen LogP contribution in [0.3, 0.4) is 0 Å². The Labute approximate surface area is 283 Å². The van der Waals surface area contributed by atoms with Crippen LogP contribution in [0.15, 0.2) is 97.5 Å². The summed E-state index contributed by atoms with van der Waals surface area (Å²) < 4.78 is 10.7. The van der Waals surface area contributed by atoms with Crippen LogP contribution in [-0.2, 0) is 32.1 Å². The predicted molar refractivity (Wildman–Crippen MR) is 199 cm³/mol. The lowest BCUT2D eigenvalue weighted by Crippen LogP contribution is -2.10. The maximum absolute atomic E-state index is 6.53. The molecule has 4 aromatic carbocycles. The molecule has 3 aromatic heterocycles. The number of para-hydroxylation sites is 1. The molecule has 3 heterocycles. The molecule has 0 aliphatic carbocycles. The number of aromatic nitrogens is 4. The highest BCUT2D eigenvalue weighted by molar-refractivity contribution is 6.09. The standard InChI is InChI=1S/C43H44N4O/c1-7-33-34(8-2)36(10-4)43(37(11-5)35(33)9-3)29-26-45-46(27-29)30-15-14-16-31(24-30)48-32-19-20-39-38-17-12-13-18-40(38)47(41(39)25-32)42-23-28(6)21-22-44-42/h12-27H,7-11H2,1-6H3. The molecule has 48 heavy (non-hydrogen) atoms. The van der Waals surface area contributed by atoms with Crippen LogP contribution in [0.1, 0.15) is 68.0 Å². The van der Waals surface area contributed by atoms with E-state index in [1.165, 1.54) is 49.7 Å². The molecule has 5 nitrogen and oxygen atoms in total. The van der Waals surface area contributed by atoms with Gasteiger partial charge in [-0.3, -0.25) is 4.57 Å². The molecule has 0 atom stereocenters. The fourth-order valence-corrected chi connectivity index (χ4v) is 7.76. The maximum atomic E-state index is 6.53. The molecular formula is C43H44N4O. The van der Waals surface area contributed by atoms with Crippen molar-refractivity contribution >= 4 is 21.8 Å². The summed E-state index contributed by atoms with van der Waals surface area (Å²) in [5, 5.41) is 7.24. The second-order valence-corrected chi connectivity index (χ2v) is 12.5. The molecule has 0 aliphatic heterocycles. The van der Waals surface area contributed by atoms with E-state index in [0.717, 1.165) is 66.1 Å². The van der Waals surface area contributed by atoms with Crippen LogP contribution in [-0.4, -0.2) is 19.3 Å². The molecular weight excluding hydrogens is 589 g/mol. The summed E-state index contributed by atoms with van der Waals surface area (Å²) in [6.07, 6.45) is 11.3. The highest BCUT2D eigenvalue weighted by atomic mass is 16.5. The van der Waals surface area contributed by atoms with Gasteiger partial charge in [0.25, 0.3) is 0 Å². The minimum atomic E-state index is 0.762. The van der Waals surface area contributed by atoms with Crippen molar-refractivity contribution in [2.75, 3.05) is 0 Å². The maximum Gasteiger partial charge on any atom is 0.137 e. The number of ether oxygens (including phenoxy) is 1. The molecule has 0 N–H and O–H groups in total. The molecule has 0 radical (unpaired) electrons. The first-order valence-corrected chi connectivity index (χ1v) is 17.5. The van der Waals surface area contributed by atoms with Crippen molar-refractivity contribution in [3.05, 3.63) is 131 Å². The minimum Gasteiger partial charge on any atom is -0.457 e. The topological polar surface area (TPSA) is 44.9 Å². The second kappa shape index (κ2) is 13.2. The van der Waals surface area contributed by atoms with Gasteiger partial charge in [0.05, 0.1) is 22.9 Å². The van der Waals surface area contributed by atoms with Crippen molar-refractivity contribution < 1.29 is 4.74 Å². The summed E-state index contributed by atoms with van der Waals surface area (Å²) in [6.45, 7) is 13.6. The Hall–Kier alpha value is -5.16. The molecule has 0 unspecified atom stereocenters. The molecule has 0 fully saturated rings. The normalized spacial score (nSPS) is 11.5. The zero-order valence-corrected chi connectivity index (χ0v) is 29.0. The summed E-state index contributed by atoms with van der Waals surface area (Å²) in [4.78, 5) is 4.73. The summed E-state index contributed by atoms with van der Waals surface area (Å²) in [7, 11) is 0. The molecule has 0 saturated carbocycles. The van der Waals surface area contributed by atoms with Crippen molar-refractivity contribution in [1.29, 1.82) is 0 Å². The smallest absolute Gasteiger partial charge is 0.137 e. The molecule has 0 saturated heterocycles. The summed E-state index contributed by atoms with van der Waals surface area (Å²) in [5.41, 5.74) is 14.5. The highest BCUT2D eigenvalue weighted by Gasteiger charge is 2.22. The Morgan fingerprint density at radius 1 is 0.625 bits per heavy atom. The molecule has 7 rings (SSSR count). The number of benzene rings is 4. The first-order chi connectivity index (χ1) is 23.5. The van der Waals surface area contributed by atoms with Gasteiger partial charge in [0, 0.05) is 40.9 Å². The van der Waals surface area contributed by atoms with Gasteiger partial charge in [-0.2, -0.15) is 5.10 Å². The van der Waals surface area contributed by atoms with E-state index >= 15 is 0 Å². The van der Waals surface area contributed by atoms with Crippen LogP contribution >= 0.6 is 0 Å². The van der Waals surface area contributed by atoms with Crippen LogP contribution in [0.4, 0.5) is 0 Å². The van der Waals surface area contributed by atoms with Crippen molar-refractivity contribution in [2.24, 2.45) is 0 Å². The molecule has 0 aliphatic rings. The van der Waals surface area contributed by atoms with Crippen LogP contribution in [0.2, 0.25) is 0 Å². The summed E-state index contributed by atoms with van der Waals surface area (Å²) in [6, 6.07) is 27.2. The Balaban J connectivity index is 1.26. The van der Waals surface area contributed by atoms with Crippen LogP contribution < -0.4 is 4.74 Å². The Bertz CT molecular complexity index is 2240. The van der Waals surface area contributed by atoms with E-state index in [1.807, 2.05) is 35.3 Å². The molecule has 0 spiro atoms. The fourth-order valence-electron chi connectivity index (χ4n) is 7.76. The largest absolute Gasteiger partial charge is 0.457 e. The van der Waals surface area contributed by atoms with Gasteiger partial charge >= 0.3 is 0 Å². The first kappa shape index (κ1) is 31.4. The number of fused-ring (bicyclic) bond motifs is 3. The number of hydrogen-bond donors (Lipinski definition) is 0. The van der Waals surface area contributed by atoms with E-state index in [9.17, 15) is 0 Å². The van der Waals surface area contributed by atoms with E-state index in [0.29, 0.717) is 0 Å². The number of pyridine rings is 1. The van der Waals surface area contributed by atoms with Gasteiger partial charge in [0.15, 0.2) is 0 Å². The van der Waals surface area contributed by atoms with E-state index in [1.54, 1.807) is 5.56 Å². The van der Waals surface area contributed by atoms with Crippen LogP contribution in [0.5, 0.6) is 11.5 Å². The number of hydrogen-bond acceptors (Lipinski definition) is 3. The van der Waals surface area contributed by atoms with Gasteiger partial charge in [-0.25, -0.2) is 9.67 Å². The first-order valence-electron chi connectivity index (χ1n) is 17.5. The summed E-state index contributed by atoms with van der Waals surface area (Å²) in [5.74, 6) is 2.43. The lowest BCUT2D eigenvalue weighted by Gasteiger charge is -2.24. The Morgan fingerprint density at radius 2 is 1.29 bits per heavy atom. The van der Waals surface area contributed by atoms with Gasteiger partial charge in [-0.1, -0.05) is 58.9 Å². The number of nitrogens with zero attached hydrogens (tertiary/aromatic N) is 4. The number of aryl methyl sites for hydroxylation is 1. The average molecular weight is 633 g/mol. The lowest BCUT2D eigenvalue weighted by atomic mass is 9.80. The summed E-state index contributed by atoms with van der Waals surface area (Å²) >= 11 is 0. The molecule has 0 bridgehead atoms. The third kappa shape index (κ3) is 5.37. The molecule has 242 valence electrons. The monoisotopic (exact) mass is 632 g/mol. The molecule has 7 aromatic rings. The van der Waals surface area contributed by atoms with E-state index < -0.39 is 0 Å². The van der Waals surface area contributed by atoms with Crippen LogP contribution in [0.25, 0.3) is 44.4 Å². The SMILES string of the molecule is CCc1c(CC)c(CC)c(-c2cnn(-c3cccc(Oc4ccc5c6ccccc6n(-c6cc(C)ccn6)c5c4)c3)c2)c(CC)c1CC.